The summed E-state index contributed by atoms with van der Waals surface area (Å²) in [6, 6.07) is 6.58. The van der Waals surface area contributed by atoms with Crippen LogP contribution in [0.25, 0.3) is 10.9 Å². The van der Waals surface area contributed by atoms with Gasteiger partial charge in [0, 0.05) is 12.4 Å². The van der Waals surface area contributed by atoms with Gasteiger partial charge >= 0.3 is 0 Å². The number of hydrogen-bond acceptors (Lipinski definition) is 2. The molecule has 0 amide bonds. The second kappa shape index (κ2) is 2.74. The van der Waals surface area contributed by atoms with E-state index in [4.69, 9.17) is 11.0 Å². The minimum atomic E-state index is -0.363. The average molecular weight is 189 g/mol. The Labute approximate surface area is 80.2 Å². The number of nitrogens with two attached hydrogens (primary N) is 1. The molecular formula is C10H8FN3. The SMILES string of the molecule is Cn1c(C#N)c(N)c2cccc(F)c21. The third-order valence-corrected chi connectivity index (χ3v) is 2.31. The molecule has 0 bridgehead atoms. The fourth-order valence-corrected chi connectivity index (χ4v) is 1.63. The zero-order chi connectivity index (χ0) is 10.3. The van der Waals surface area contributed by atoms with Gasteiger partial charge in [0.05, 0.1) is 11.2 Å². The summed E-state index contributed by atoms with van der Waals surface area (Å²) in [4.78, 5) is 0. The van der Waals surface area contributed by atoms with Gasteiger partial charge in [-0.1, -0.05) is 12.1 Å². The second-order valence-electron chi connectivity index (χ2n) is 3.07. The van der Waals surface area contributed by atoms with Crippen molar-refractivity contribution in [1.29, 1.82) is 5.26 Å². The minimum absolute atomic E-state index is 0.296. The van der Waals surface area contributed by atoms with E-state index < -0.39 is 0 Å². The average Bonchev–Trinajstić information content (AvgIpc) is 2.41. The van der Waals surface area contributed by atoms with Crippen molar-refractivity contribution in [2.45, 2.75) is 0 Å². The van der Waals surface area contributed by atoms with Gasteiger partial charge in [-0.3, -0.25) is 0 Å². The molecule has 14 heavy (non-hydrogen) atoms. The third kappa shape index (κ3) is 0.895. The van der Waals surface area contributed by atoms with Crippen LogP contribution in [0.3, 0.4) is 0 Å². The number of halogens is 1. The maximum absolute atomic E-state index is 13.4. The molecule has 0 saturated carbocycles. The third-order valence-electron chi connectivity index (χ3n) is 2.31. The molecule has 2 aromatic rings. The summed E-state index contributed by atoms with van der Waals surface area (Å²) in [6.45, 7) is 0. The van der Waals surface area contributed by atoms with Crippen LogP contribution in [0, 0.1) is 17.1 Å². The molecule has 0 fully saturated rings. The fraction of sp³-hybridized carbons (Fsp3) is 0.100. The highest BCUT2D eigenvalue weighted by atomic mass is 19.1. The molecule has 1 aromatic carbocycles. The Morgan fingerprint density at radius 1 is 1.50 bits per heavy atom. The lowest BCUT2D eigenvalue weighted by Gasteiger charge is -1.97. The maximum atomic E-state index is 13.4. The van der Waals surface area contributed by atoms with Gasteiger partial charge in [-0.15, -0.1) is 0 Å². The molecule has 0 radical (unpaired) electrons. The van der Waals surface area contributed by atoms with Gasteiger partial charge in [0.1, 0.15) is 17.6 Å². The number of nitrogen functional groups attached to an aromatic ring is 1. The van der Waals surface area contributed by atoms with Gasteiger partial charge in [-0.25, -0.2) is 4.39 Å². The highest BCUT2D eigenvalue weighted by molar-refractivity contribution is 5.95. The van der Waals surface area contributed by atoms with Crippen LogP contribution in [0.1, 0.15) is 5.69 Å². The van der Waals surface area contributed by atoms with Crippen molar-refractivity contribution in [3.63, 3.8) is 0 Å². The molecule has 3 nitrogen and oxygen atoms in total. The Balaban J connectivity index is 3.04. The molecule has 0 saturated heterocycles. The van der Waals surface area contributed by atoms with Crippen LogP contribution >= 0.6 is 0 Å². The van der Waals surface area contributed by atoms with Crippen molar-refractivity contribution < 1.29 is 4.39 Å². The Hall–Kier alpha value is -2.02. The zero-order valence-corrected chi connectivity index (χ0v) is 7.58. The molecule has 70 valence electrons. The molecular weight excluding hydrogens is 181 g/mol. The van der Waals surface area contributed by atoms with E-state index >= 15 is 0 Å². The van der Waals surface area contributed by atoms with E-state index in [-0.39, 0.29) is 5.82 Å². The van der Waals surface area contributed by atoms with E-state index in [0.29, 0.717) is 22.3 Å². The van der Waals surface area contributed by atoms with Gasteiger partial charge < -0.3 is 10.3 Å². The van der Waals surface area contributed by atoms with Crippen molar-refractivity contribution in [2.75, 3.05) is 5.73 Å². The summed E-state index contributed by atoms with van der Waals surface area (Å²) in [5, 5.41) is 9.40. The molecule has 2 rings (SSSR count). The molecule has 2 N–H and O–H groups in total. The van der Waals surface area contributed by atoms with Crippen molar-refractivity contribution in [3.05, 3.63) is 29.7 Å². The Bertz CT molecular complexity index is 548. The molecule has 0 unspecified atom stereocenters. The Morgan fingerprint density at radius 3 is 2.79 bits per heavy atom. The quantitative estimate of drug-likeness (QED) is 0.686. The van der Waals surface area contributed by atoms with Gasteiger partial charge in [-0.2, -0.15) is 5.26 Å². The van der Waals surface area contributed by atoms with Gasteiger partial charge in [-0.05, 0) is 6.07 Å². The zero-order valence-electron chi connectivity index (χ0n) is 7.58. The van der Waals surface area contributed by atoms with Crippen molar-refractivity contribution in [3.8, 4) is 6.07 Å². The number of anilines is 1. The largest absolute Gasteiger partial charge is 0.396 e. The maximum Gasteiger partial charge on any atom is 0.147 e. The van der Waals surface area contributed by atoms with Crippen LogP contribution in [0.5, 0.6) is 0 Å². The molecule has 1 aromatic heterocycles. The van der Waals surface area contributed by atoms with Gasteiger partial charge in [0.2, 0.25) is 0 Å². The number of nitriles is 1. The smallest absolute Gasteiger partial charge is 0.147 e. The van der Waals surface area contributed by atoms with Gasteiger partial charge in [0.25, 0.3) is 0 Å². The van der Waals surface area contributed by atoms with E-state index in [0.717, 1.165) is 0 Å². The number of benzene rings is 1. The van der Waals surface area contributed by atoms with Crippen LogP contribution in [0.4, 0.5) is 10.1 Å². The first-order valence-corrected chi connectivity index (χ1v) is 4.09. The summed E-state index contributed by atoms with van der Waals surface area (Å²) >= 11 is 0. The molecule has 0 spiro atoms. The lowest BCUT2D eigenvalue weighted by molar-refractivity contribution is 0.631. The van der Waals surface area contributed by atoms with Crippen molar-refractivity contribution >= 4 is 16.6 Å². The Kier molecular flexibility index (Phi) is 1.68. The fourth-order valence-electron chi connectivity index (χ4n) is 1.63. The van der Waals surface area contributed by atoms with Crippen LogP contribution in [-0.2, 0) is 7.05 Å². The predicted octanol–water partition coefficient (Wildman–Crippen LogP) is 1.77. The molecule has 0 aliphatic heterocycles. The van der Waals surface area contributed by atoms with E-state index in [2.05, 4.69) is 0 Å². The number of para-hydroxylation sites is 1. The number of rotatable bonds is 0. The highest BCUT2D eigenvalue weighted by Crippen LogP contribution is 2.28. The summed E-state index contributed by atoms with van der Waals surface area (Å²) in [5.74, 6) is -0.363. The summed E-state index contributed by atoms with van der Waals surface area (Å²) in [6.07, 6.45) is 0. The second-order valence-corrected chi connectivity index (χ2v) is 3.07. The van der Waals surface area contributed by atoms with Crippen LogP contribution in [0.2, 0.25) is 0 Å². The van der Waals surface area contributed by atoms with E-state index in [1.807, 2.05) is 6.07 Å². The summed E-state index contributed by atoms with van der Waals surface area (Å²) in [7, 11) is 1.63. The lowest BCUT2D eigenvalue weighted by atomic mass is 10.2. The molecule has 0 aliphatic carbocycles. The molecule has 0 atom stereocenters. The van der Waals surface area contributed by atoms with E-state index in [1.54, 1.807) is 19.2 Å². The van der Waals surface area contributed by atoms with Crippen LogP contribution < -0.4 is 5.73 Å². The molecule has 4 heteroatoms. The van der Waals surface area contributed by atoms with E-state index in [1.165, 1.54) is 10.6 Å². The number of aromatic nitrogens is 1. The van der Waals surface area contributed by atoms with Crippen LogP contribution in [-0.4, -0.2) is 4.57 Å². The highest BCUT2D eigenvalue weighted by Gasteiger charge is 2.14. The number of fused-ring (bicyclic) bond motifs is 1. The molecule has 1 heterocycles. The minimum Gasteiger partial charge on any atom is -0.396 e. The first-order chi connectivity index (χ1) is 6.66. The standard InChI is InChI=1S/C10H8FN3/c1-14-8(5-12)9(13)6-3-2-4-7(11)10(6)14/h2-4H,13H2,1H3. The Morgan fingerprint density at radius 2 is 2.21 bits per heavy atom. The predicted molar refractivity (Wildman–Crippen MR) is 52.0 cm³/mol. The summed E-state index contributed by atoms with van der Waals surface area (Å²) in [5.41, 5.74) is 6.72. The topological polar surface area (TPSA) is 54.7 Å². The van der Waals surface area contributed by atoms with Crippen molar-refractivity contribution in [2.24, 2.45) is 7.05 Å². The lowest BCUT2D eigenvalue weighted by Crippen LogP contribution is -1.94. The van der Waals surface area contributed by atoms with Gasteiger partial charge in [0.15, 0.2) is 0 Å². The van der Waals surface area contributed by atoms with E-state index in [9.17, 15) is 4.39 Å². The number of nitrogens with zero attached hydrogens (tertiary/aromatic N) is 2. The normalized spacial score (nSPS) is 10.4. The molecule has 0 aliphatic rings. The first-order valence-electron chi connectivity index (χ1n) is 4.09. The summed E-state index contributed by atoms with van der Waals surface area (Å²) < 4.78 is 14.9. The van der Waals surface area contributed by atoms with Crippen LogP contribution in [0.15, 0.2) is 18.2 Å². The first kappa shape index (κ1) is 8.57. The number of aryl methyl sites for hydroxylation is 1. The van der Waals surface area contributed by atoms with Crippen molar-refractivity contribution in [1.82, 2.24) is 4.57 Å². The number of hydrogen-bond donors (Lipinski definition) is 1. The monoisotopic (exact) mass is 189 g/mol.